The maximum atomic E-state index is 14.0. The first-order valence-electron chi connectivity index (χ1n) is 8.68. The number of carbonyl (C=O) groups excluding carboxylic acids is 1. The summed E-state index contributed by atoms with van der Waals surface area (Å²) in [5, 5.41) is 2.68. The zero-order valence-electron chi connectivity index (χ0n) is 15.7. The molecule has 0 spiro atoms. The molecule has 8 nitrogen and oxygen atoms in total. The fourth-order valence-electron chi connectivity index (χ4n) is 2.93. The quantitative estimate of drug-likeness (QED) is 0.469. The van der Waals surface area contributed by atoms with Crippen molar-refractivity contribution in [1.29, 1.82) is 0 Å². The van der Waals surface area contributed by atoms with Gasteiger partial charge in [0.25, 0.3) is 5.91 Å². The number of nitrogens with one attached hydrogen (secondary N) is 2. The standard InChI is InChI=1S/C19H19FN6O2S/c1-11-5-12(17(21)29)7-24-16(11)18(27)25-14-6-13(3-4-23-14)19(9-20)10-28-8-15(22-2)26-19/h3-7H,2,8-10H2,1H3,(H2,21,29)(H,23,25,27)/p+1. The van der Waals surface area contributed by atoms with E-state index < -0.39 is 18.1 Å². The van der Waals surface area contributed by atoms with Gasteiger partial charge in [0.1, 0.15) is 29.8 Å². The number of thiocarbonyl (C=S) groups is 1. The second-order valence-electron chi connectivity index (χ2n) is 6.53. The Hall–Kier alpha value is -3.11. The normalized spacial score (nSPS) is 18.6. The number of nitrogens with two attached hydrogens (primary N) is 1. The molecule has 0 saturated heterocycles. The molecule has 0 aliphatic carbocycles. The molecule has 1 atom stereocenters. The van der Waals surface area contributed by atoms with Gasteiger partial charge in [0.15, 0.2) is 6.61 Å². The fraction of sp³-hybridized carbons (Fsp3) is 0.263. The van der Waals surface area contributed by atoms with Crippen molar-refractivity contribution in [3.05, 3.63) is 53.0 Å². The van der Waals surface area contributed by atoms with Crippen molar-refractivity contribution in [3.8, 4) is 0 Å². The van der Waals surface area contributed by atoms with Crippen molar-refractivity contribution in [3.63, 3.8) is 0 Å². The third-order valence-electron chi connectivity index (χ3n) is 4.47. The summed E-state index contributed by atoms with van der Waals surface area (Å²) in [6.45, 7) is 4.78. The molecule has 0 saturated carbocycles. The molecule has 4 N–H and O–H groups in total. The minimum absolute atomic E-state index is 0.0627. The number of halogens is 1. The van der Waals surface area contributed by atoms with E-state index in [4.69, 9.17) is 22.7 Å². The monoisotopic (exact) mass is 415 g/mol. The average Bonchev–Trinajstić information content (AvgIpc) is 2.73. The van der Waals surface area contributed by atoms with E-state index in [-0.39, 0.29) is 29.7 Å². The van der Waals surface area contributed by atoms with Crippen molar-refractivity contribution in [2.75, 3.05) is 25.2 Å². The highest BCUT2D eigenvalue weighted by molar-refractivity contribution is 7.80. The number of ether oxygens (including phenoxy) is 1. The van der Waals surface area contributed by atoms with Crippen molar-refractivity contribution in [2.45, 2.75) is 12.5 Å². The molecular weight excluding hydrogens is 395 g/mol. The topological polar surface area (TPSA) is 116 Å². The van der Waals surface area contributed by atoms with E-state index in [1.807, 2.05) is 0 Å². The predicted molar refractivity (Wildman–Crippen MR) is 111 cm³/mol. The molecule has 0 bridgehead atoms. The summed E-state index contributed by atoms with van der Waals surface area (Å²) in [4.78, 5) is 28.2. The molecule has 10 heteroatoms. The number of hydrogen-bond acceptors (Lipinski definition) is 6. The van der Waals surface area contributed by atoms with Gasteiger partial charge in [-0.15, -0.1) is 0 Å². The number of anilines is 1. The molecule has 150 valence electrons. The molecule has 1 amide bonds. The largest absolute Gasteiger partial charge is 0.389 e. The fourth-order valence-corrected chi connectivity index (χ4v) is 3.05. The van der Waals surface area contributed by atoms with E-state index in [0.29, 0.717) is 22.5 Å². The number of nitrogens with zero attached hydrogens (tertiary/aromatic N) is 3. The Labute approximate surface area is 172 Å². The number of carbonyl (C=O) groups is 1. The smallest absolute Gasteiger partial charge is 0.316 e. The lowest BCUT2D eigenvalue weighted by Gasteiger charge is -2.25. The number of rotatable bonds is 5. The minimum atomic E-state index is -1.23. The summed E-state index contributed by atoms with van der Waals surface area (Å²) in [5.74, 6) is 0.221. The molecule has 3 heterocycles. The molecule has 1 aliphatic rings. The molecule has 2 aromatic heterocycles. The first-order valence-corrected chi connectivity index (χ1v) is 9.09. The zero-order chi connectivity index (χ0) is 21.0. The maximum Gasteiger partial charge on any atom is 0.316 e. The van der Waals surface area contributed by atoms with Gasteiger partial charge in [0, 0.05) is 23.5 Å². The first-order chi connectivity index (χ1) is 13.9. The molecular formula is C19H20FN6O2S+. The van der Waals surface area contributed by atoms with Gasteiger partial charge in [0.2, 0.25) is 5.54 Å². The molecule has 1 unspecified atom stereocenters. The average molecular weight is 415 g/mol. The summed E-state index contributed by atoms with van der Waals surface area (Å²) in [6.07, 6.45) is 2.91. The van der Waals surface area contributed by atoms with E-state index in [9.17, 15) is 9.18 Å². The van der Waals surface area contributed by atoms with Gasteiger partial charge in [-0.1, -0.05) is 17.2 Å². The Morgan fingerprint density at radius 1 is 1.48 bits per heavy atom. The summed E-state index contributed by atoms with van der Waals surface area (Å²) >= 11 is 4.92. The second kappa shape index (κ2) is 8.50. The van der Waals surface area contributed by atoms with Gasteiger partial charge in [0.05, 0.1) is 6.72 Å². The number of pyridine rings is 2. The molecule has 0 aromatic carbocycles. The third-order valence-corrected chi connectivity index (χ3v) is 4.71. The summed E-state index contributed by atoms with van der Waals surface area (Å²) in [7, 11) is 0. The number of aliphatic imine (C=N–C) groups is 1. The highest BCUT2D eigenvalue weighted by atomic mass is 32.1. The number of alkyl halides is 1. The van der Waals surface area contributed by atoms with Crippen LogP contribution in [0.5, 0.6) is 0 Å². The third kappa shape index (κ3) is 4.33. The summed E-state index contributed by atoms with van der Waals surface area (Å²) in [6, 6.07) is 4.89. The van der Waals surface area contributed by atoms with Crippen LogP contribution in [-0.2, 0) is 10.3 Å². The van der Waals surface area contributed by atoms with Crippen molar-refractivity contribution in [2.24, 2.45) is 10.7 Å². The van der Waals surface area contributed by atoms with Crippen LogP contribution in [0.25, 0.3) is 0 Å². The number of aryl methyl sites for hydroxylation is 1. The van der Waals surface area contributed by atoms with E-state index in [0.717, 1.165) is 0 Å². The van der Waals surface area contributed by atoms with Gasteiger partial charge < -0.3 is 15.8 Å². The van der Waals surface area contributed by atoms with Gasteiger partial charge in [-0.25, -0.2) is 9.37 Å². The van der Waals surface area contributed by atoms with Crippen molar-refractivity contribution >= 4 is 41.5 Å². The molecule has 1 aliphatic heterocycles. The van der Waals surface area contributed by atoms with Gasteiger partial charge in [-0.3, -0.25) is 14.8 Å². The Kier molecular flexibility index (Phi) is 6.04. The van der Waals surface area contributed by atoms with Crippen LogP contribution in [0, 0.1) is 6.92 Å². The lowest BCUT2D eigenvalue weighted by Crippen LogP contribution is -2.74. The first kappa shape index (κ1) is 20.6. The van der Waals surface area contributed by atoms with Gasteiger partial charge in [-0.2, -0.15) is 0 Å². The lowest BCUT2D eigenvalue weighted by atomic mass is 9.92. The van der Waals surface area contributed by atoms with Crippen LogP contribution in [0.1, 0.15) is 27.2 Å². The summed E-state index contributed by atoms with van der Waals surface area (Å²) in [5.41, 5.74) is 6.27. The minimum Gasteiger partial charge on any atom is -0.389 e. The molecule has 29 heavy (non-hydrogen) atoms. The molecule has 0 fully saturated rings. The highest BCUT2D eigenvalue weighted by Gasteiger charge is 2.43. The highest BCUT2D eigenvalue weighted by Crippen LogP contribution is 2.30. The van der Waals surface area contributed by atoms with Crippen molar-refractivity contribution in [1.82, 2.24) is 9.97 Å². The Morgan fingerprint density at radius 3 is 2.93 bits per heavy atom. The summed E-state index contributed by atoms with van der Waals surface area (Å²) < 4.78 is 19.4. The van der Waals surface area contributed by atoms with Crippen LogP contribution in [0.2, 0.25) is 0 Å². The van der Waals surface area contributed by atoms with Crippen LogP contribution in [0.15, 0.2) is 35.6 Å². The Bertz CT molecular complexity index is 1010. The SMILES string of the molecule is C=[NH+]C1=NC(CF)(c2ccnc(NC(=O)c3ncc(C(N)=S)cc3C)c2)COC1. The molecule has 0 radical (unpaired) electrons. The van der Waals surface area contributed by atoms with E-state index in [1.54, 1.807) is 25.1 Å². The maximum absolute atomic E-state index is 14.0. The zero-order valence-corrected chi connectivity index (χ0v) is 16.6. The van der Waals surface area contributed by atoms with Gasteiger partial charge >= 0.3 is 5.84 Å². The second-order valence-corrected chi connectivity index (χ2v) is 6.97. The van der Waals surface area contributed by atoms with Gasteiger partial charge in [-0.05, 0) is 30.7 Å². The lowest BCUT2D eigenvalue weighted by molar-refractivity contribution is -0.313. The number of amides is 1. The number of amidine groups is 1. The van der Waals surface area contributed by atoms with Crippen LogP contribution in [-0.4, -0.2) is 53.3 Å². The van der Waals surface area contributed by atoms with Crippen LogP contribution in [0.3, 0.4) is 0 Å². The van der Waals surface area contributed by atoms with Crippen LogP contribution >= 0.6 is 12.2 Å². The van der Waals surface area contributed by atoms with E-state index >= 15 is 0 Å². The predicted octanol–water partition coefficient (Wildman–Crippen LogP) is 0.0462. The van der Waals surface area contributed by atoms with Crippen LogP contribution in [0.4, 0.5) is 10.2 Å². The number of hydrogen-bond donors (Lipinski definition) is 3. The molecule has 2 aromatic rings. The van der Waals surface area contributed by atoms with E-state index in [2.05, 4.69) is 32.0 Å². The Morgan fingerprint density at radius 2 is 2.28 bits per heavy atom. The van der Waals surface area contributed by atoms with Crippen molar-refractivity contribution < 1.29 is 18.9 Å². The molecule has 3 rings (SSSR count). The Balaban J connectivity index is 1.87. The van der Waals surface area contributed by atoms with E-state index in [1.165, 1.54) is 12.4 Å². The van der Waals surface area contributed by atoms with Crippen LogP contribution < -0.4 is 16.0 Å². The number of aromatic nitrogens is 2.